The molecule has 2 aromatic carbocycles. The van der Waals surface area contributed by atoms with Gasteiger partial charge in [-0.25, -0.2) is 4.98 Å². The lowest BCUT2D eigenvalue weighted by Gasteiger charge is -2.15. The lowest BCUT2D eigenvalue weighted by atomic mass is 10.3. The Hall–Kier alpha value is -1.95. The van der Waals surface area contributed by atoms with Crippen LogP contribution in [-0.2, 0) is 6.54 Å². The average molecular weight is 384 g/mol. The number of halogens is 2. The van der Waals surface area contributed by atoms with Crippen LogP contribution in [-0.4, -0.2) is 34.4 Å². The summed E-state index contributed by atoms with van der Waals surface area (Å²) < 4.78 is 7.68. The highest BCUT2D eigenvalue weighted by molar-refractivity contribution is 5.85. The van der Waals surface area contributed by atoms with Crippen LogP contribution in [0.3, 0.4) is 0 Å². The zero-order valence-corrected chi connectivity index (χ0v) is 15.8. The van der Waals surface area contributed by atoms with Gasteiger partial charge in [-0.1, -0.05) is 12.1 Å². The Morgan fingerprint density at radius 2 is 1.80 bits per heavy atom. The van der Waals surface area contributed by atoms with E-state index in [9.17, 15) is 5.11 Å². The number of fused-ring (bicyclic) bond motifs is 1. The normalized spacial score (nSPS) is 11.3. The predicted molar refractivity (Wildman–Crippen MR) is 106 cm³/mol. The molecule has 0 aliphatic rings. The Balaban J connectivity index is 0.00000156. The van der Waals surface area contributed by atoms with Crippen molar-refractivity contribution in [3.63, 3.8) is 0 Å². The molecule has 7 heteroatoms. The van der Waals surface area contributed by atoms with Gasteiger partial charge in [-0.05, 0) is 43.3 Å². The van der Waals surface area contributed by atoms with E-state index in [1.165, 1.54) is 0 Å². The molecule has 136 valence electrons. The van der Waals surface area contributed by atoms with Crippen LogP contribution in [0.15, 0.2) is 48.5 Å². The Kier molecular flexibility index (Phi) is 8.03. The van der Waals surface area contributed by atoms with E-state index in [-0.39, 0.29) is 31.4 Å². The van der Waals surface area contributed by atoms with E-state index in [1.54, 1.807) is 0 Å². The molecule has 0 fully saturated rings. The number of benzene rings is 2. The minimum absolute atomic E-state index is 0. The second-order valence-corrected chi connectivity index (χ2v) is 5.50. The zero-order chi connectivity index (χ0) is 16.2. The number of ether oxygens (including phenoxy) is 1. The van der Waals surface area contributed by atoms with Gasteiger partial charge in [-0.2, -0.15) is 0 Å². The Labute approximate surface area is 159 Å². The van der Waals surface area contributed by atoms with Gasteiger partial charge >= 0.3 is 0 Å². The van der Waals surface area contributed by atoms with Crippen LogP contribution in [0.4, 0.5) is 5.69 Å². The highest BCUT2D eigenvalue weighted by atomic mass is 35.5. The van der Waals surface area contributed by atoms with E-state index in [1.807, 2.05) is 67.1 Å². The molecule has 3 aromatic rings. The van der Waals surface area contributed by atoms with Crippen LogP contribution in [0.2, 0.25) is 0 Å². The fraction of sp³-hybridized carbons (Fsp3) is 0.278. The number of hydrogen-bond donors (Lipinski definition) is 2. The molecular formula is C18H23Cl2N3O2. The van der Waals surface area contributed by atoms with Crippen molar-refractivity contribution in [1.82, 2.24) is 9.55 Å². The number of anilines is 1. The molecule has 0 spiro atoms. The third-order valence-corrected chi connectivity index (χ3v) is 3.82. The molecule has 1 aromatic heterocycles. The van der Waals surface area contributed by atoms with Gasteiger partial charge in [-0.15, -0.1) is 24.8 Å². The highest BCUT2D eigenvalue weighted by Crippen LogP contribution is 2.17. The maximum atomic E-state index is 10.3. The number of rotatable bonds is 6. The molecule has 25 heavy (non-hydrogen) atoms. The van der Waals surface area contributed by atoms with Crippen LogP contribution < -0.4 is 10.1 Å². The van der Waals surface area contributed by atoms with Crippen LogP contribution in [0, 0.1) is 6.92 Å². The first kappa shape index (κ1) is 21.1. The number of aliphatic hydroxyl groups excluding tert-OH is 1. The summed E-state index contributed by atoms with van der Waals surface area (Å²) in [5.41, 5.74) is 3.00. The summed E-state index contributed by atoms with van der Waals surface area (Å²) >= 11 is 0. The van der Waals surface area contributed by atoms with Gasteiger partial charge in [0.1, 0.15) is 24.3 Å². The number of aryl methyl sites for hydroxylation is 1. The largest absolute Gasteiger partial charge is 0.491 e. The summed E-state index contributed by atoms with van der Waals surface area (Å²) in [6, 6.07) is 15.6. The summed E-state index contributed by atoms with van der Waals surface area (Å²) in [6.07, 6.45) is -0.602. The van der Waals surface area contributed by atoms with E-state index in [0.717, 1.165) is 28.3 Å². The van der Waals surface area contributed by atoms with Crippen molar-refractivity contribution in [1.29, 1.82) is 0 Å². The molecule has 0 aliphatic heterocycles. The molecule has 1 heterocycles. The van der Waals surface area contributed by atoms with Gasteiger partial charge in [0, 0.05) is 12.7 Å². The maximum absolute atomic E-state index is 10.3. The van der Waals surface area contributed by atoms with Gasteiger partial charge in [0.25, 0.3) is 0 Å². The van der Waals surface area contributed by atoms with Crippen LogP contribution in [0.1, 0.15) is 5.82 Å². The van der Waals surface area contributed by atoms with Crippen molar-refractivity contribution in [3.8, 4) is 5.75 Å². The fourth-order valence-corrected chi connectivity index (χ4v) is 2.60. The minimum atomic E-state index is -0.602. The Morgan fingerprint density at radius 3 is 2.48 bits per heavy atom. The van der Waals surface area contributed by atoms with E-state index in [4.69, 9.17) is 4.74 Å². The first-order valence-electron chi connectivity index (χ1n) is 7.68. The molecule has 0 saturated carbocycles. The van der Waals surface area contributed by atoms with E-state index >= 15 is 0 Å². The number of aromatic nitrogens is 2. The lowest BCUT2D eigenvalue weighted by Crippen LogP contribution is -2.24. The first-order chi connectivity index (χ1) is 11.2. The molecular weight excluding hydrogens is 361 g/mol. The van der Waals surface area contributed by atoms with Crippen molar-refractivity contribution >= 4 is 41.5 Å². The minimum Gasteiger partial charge on any atom is -0.491 e. The van der Waals surface area contributed by atoms with Gasteiger partial charge in [0.05, 0.1) is 17.6 Å². The van der Waals surface area contributed by atoms with Crippen LogP contribution in [0.25, 0.3) is 11.0 Å². The fourth-order valence-electron chi connectivity index (χ4n) is 2.60. The molecule has 0 amide bonds. The third-order valence-electron chi connectivity index (χ3n) is 3.82. The first-order valence-corrected chi connectivity index (χ1v) is 7.68. The summed E-state index contributed by atoms with van der Waals surface area (Å²) in [5.74, 6) is 1.64. The third kappa shape index (κ3) is 5.01. The number of nitrogens with one attached hydrogen (secondary N) is 1. The van der Waals surface area contributed by atoms with E-state index in [2.05, 4.69) is 10.3 Å². The zero-order valence-electron chi connectivity index (χ0n) is 14.2. The molecule has 0 saturated heterocycles. The number of aliphatic hydroxyl groups is 1. The van der Waals surface area contributed by atoms with Crippen molar-refractivity contribution in [2.75, 3.05) is 19.0 Å². The van der Waals surface area contributed by atoms with Crippen molar-refractivity contribution in [3.05, 3.63) is 54.4 Å². The van der Waals surface area contributed by atoms with E-state index in [0.29, 0.717) is 6.54 Å². The van der Waals surface area contributed by atoms with Gasteiger partial charge in [0.15, 0.2) is 0 Å². The molecule has 0 radical (unpaired) electrons. The van der Waals surface area contributed by atoms with Gasteiger partial charge in [-0.3, -0.25) is 0 Å². The van der Waals surface area contributed by atoms with Gasteiger partial charge < -0.3 is 19.7 Å². The molecule has 0 bridgehead atoms. The predicted octanol–water partition coefficient (Wildman–Crippen LogP) is 3.67. The molecule has 5 nitrogen and oxygen atoms in total. The van der Waals surface area contributed by atoms with E-state index < -0.39 is 6.10 Å². The molecule has 1 atom stereocenters. The summed E-state index contributed by atoms with van der Waals surface area (Å²) in [5, 5.41) is 13.3. The highest BCUT2D eigenvalue weighted by Gasteiger charge is 2.12. The quantitative estimate of drug-likeness (QED) is 0.681. The van der Waals surface area contributed by atoms with Crippen LogP contribution in [0.5, 0.6) is 5.75 Å². The number of hydrogen-bond acceptors (Lipinski definition) is 4. The van der Waals surface area contributed by atoms with Crippen molar-refractivity contribution in [2.24, 2.45) is 0 Å². The molecule has 1 unspecified atom stereocenters. The molecule has 2 N–H and O–H groups in total. The summed E-state index contributed by atoms with van der Waals surface area (Å²) in [6.45, 7) is 2.65. The standard InChI is InChI=1S/C18H21N3O2.2ClH/c1-13-20-17-5-3-4-6-18(17)21(13)11-15(22)12-23-16-9-7-14(19-2)8-10-16;;/h3-10,15,19,22H,11-12H2,1-2H3;2*1H. The smallest absolute Gasteiger partial charge is 0.119 e. The topological polar surface area (TPSA) is 59.3 Å². The number of nitrogens with zero attached hydrogens (tertiary/aromatic N) is 2. The average Bonchev–Trinajstić information content (AvgIpc) is 2.89. The molecule has 0 aliphatic carbocycles. The van der Waals surface area contributed by atoms with Gasteiger partial charge in [0.2, 0.25) is 0 Å². The van der Waals surface area contributed by atoms with Crippen molar-refractivity contribution < 1.29 is 9.84 Å². The maximum Gasteiger partial charge on any atom is 0.119 e. The second-order valence-electron chi connectivity index (χ2n) is 5.50. The molecule has 3 rings (SSSR count). The summed E-state index contributed by atoms with van der Waals surface area (Å²) in [7, 11) is 1.87. The number of imidazole rings is 1. The van der Waals surface area contributed by atoms with Crippen LogP contribution >= 0.6 is 24.8 Å². The monoisotopic (exact) mass is 383 g/mol. The Morgan fingerprint density at radius 1 is 1.12 bits per heavy atom. The second kappa shape index (κ2) is 9.51. The summed E-state index contributed by atoms with van der Waals surface area (Å²) in [4.78, 5) is 4.51. The Bertz CT molecular complexity index is 791. The lowest BCUT2D eigenvalue weighted by molar-refractivity contribution is 0.0929. The van der Waals surface area contributed by atoms with Crippen molar-refractivity contribution in [2.45, 2.75) is 19.6 Å². The SMILES string of the molecule is CNc1ccc(OCC(O)Cn2c(C)nc3ccccc32)cc1.Cl.Cl. The number of para-hydroxylation sites is 2.